The highest BCUT2D eigenvalue weighted by molar-refractivity contribution is 7.89. The van der Waals surface area contributed by atoms with Gasteiger partial charge in [-0.1, -0.05) is 6.92 Å². The monoisotopic (exact) mass is 293 g/mol. The number of hydrogen-bond acceptors (Lipinski definition) is 3. The molecule has 0 bridgehead atoms. The molecule has 1 saturated heterocycles. The Hall–Kier alpha value is -1.53. The van der Waals surface area contributed by atoms with E-state index >= 15 is 0 Å². The van der Waals surface area contributed by atoms with Gasteiger partial charge in [-0.25, -0.2) is 8.42 Å². The number of aromatic nitrogens is 1. The third kappa shape index (κ3) is 1.99. The van der Waals surface area contributed by atoms with Crippen LogP contribution in [-0.2, 0) is 10.0 Å². The molecule has 0 spiro atoms. The van der Waals surface area contributed by atoms with Crippen LogP contribution in [0.3, 0.4) is 0 Å². The number of fused-ring (bicyclic) bond motifs is 1. The van der Waals surface area contributed by atoms with E-state index in [2.05, 4.69) is 4.98 Å². The van der Waals surface area contributed by atoms with E-state index in [0.717, 1.165) is 24.8 Å². The molecule has 1 aliphatic heterocycles. The minimum absolute atomic E-state index is 0.117. The Morgan fingerprint density at radius 3 is 3.00 bits per heavy atom. The normalized spacial score (nSPS) is 20.8. The molecule has 1 unspecified atom stereocenters. The van der Waals surface area contributed by atoms with E-state index in [1.54, 1.807) is 22.6 Å². The van der Waals surface area contributed by atoms with Gasteiger partial charge < -0.3 is 10.7 Å². The highest BCUT2D eigenvalue weighted by atomic mass is 32.2. The van der Waals surface area contributed by atoms with Crippen molar-refractivity contribution in [2.75, 3.05) is 12.3 Å². The van der Waals surface area contributed by atoms with Crippen molar-refractivity contribution in [3.8, 4) is 0 Å². The van der Waals surface area contributed by atoms with Crippen molar-refractivity contribution in [3.05, 3.63) is 24.4 Å². The second kappa shape index (κ2) is 4.79. The zero-order valence-electron chi connectivity index (χ0n) is 11.5. The largest absolute Gasteiger partial charge is 0.399 e. The predicted molar refractivity (Wildman–Crippen MR) is 79.9 cm³/mol. The van der Waals surface area contributed by atoms with Crippen LogP contribution in [0.2, 0.25) is 0 Å². The molecule has 1 fully saturated rings. The fraction of sp³-hybridized carbons (Fsp3) is 0.429. The van der Waals surface area contributed by atoms with Crippen molar-refractivity contribution in [1.29, 1.82) is 0 Å². The van der Waals surface area contributed by atoms with Crippen LogP contribution in [0, 0.1) is 0 Å². The topological polar surface area (TPSA) is 79.2 Å². The summed E-state index contributed by atoms with van der Waals surface area (Å²) in [7, 11) is -3.45. The van der Waals surface area contributed by atoms with E-state index < -0.39 is 10.0 Å². The summed E-state index contributed by atoms with van der Waals surface area (Å²) < 4.78 is 27.3. The molecular formula is C14H19N3O2S. The fourth-order valence-electron chi connectivity index (χ4n) is 2.99. The second-order valence-electron chi connectivity index (χ2n) is 5.28. The number of H-pyrrole nitrogens is 1. The first-order chi connectivity index (χ1) is 9.54. The van der Waals surface area contributed by atoms with Gasteiger partial charge in [-0.2, -0.15) is 4.31 Å². The summed E-state index contributed by atoms with van der Waals surface area (Å²) in [5, 5.41) is 0.673. The van der Waals surface area contributed by atoms with E-state index in [1.807, 2.05) is 13.0 Å². The minimum Gasteiger partial charge on any atom is -0.399 e. The summed E-state index contributed by atoms with van der Waals surface area (Å²) in [6.07, 6.45) is 4.30. The van der Waals surface area contributed by atoms with E-state index in [1.165, 1.54) is 0 Å². The van der Waals surface area contributed by atoms with Crippen LogP contribution in [0.5, 0.6) is 0 Å². The lowest BCUT2D eigenvalue weighted by atomic mass is 10.2. The maximum Gasteiger partial charge on any atom is 0.245 e. The molecule has 2 aromatic rings. The van der Waals surface area contributed by atoms with Gasteiger partial charge in [-0.3, -0.25) is 0 Å². The molecule has 0 aliphatic carbocycles. The standard InChI is InChI=1S/C14H19N3O2S/c1-2-11-4-3-7-17(11)20(18,19)14-9-16-13-6-5-10(15)8-12(13)14/h5-6,8-9,11,16H,2-4,7,15H2,1H3. The Morgan fingerprint density at radius 2 is 2.25 bits per heavy atom. The molecule has 0 amide bonds. The van der Waals surface area contributed by atoms with Crippen molar-refractivity contribution >= 4 is 26.6 Å². The van der Waals surface area contributed by atoms with Crippen LogP contribution in [0.25, 0.3) is 10.9 Å². The molecule has 108 valence electrons. The molecule has 0 radical (unpaired) electrons. The van der Waals surface area contributed by atoms with Gasteiger partial charge in [-0.05, 0) is 37.5 Å². The first-order valence-corrected chi connectivity index (χ1v) is 8.36. The minimum atomic E-state index is -3.45. The fourth-order valence-corrected chi connectivity index (χ4v) is 4.91. The lowest BCUT2D eigenvalue weighted by Crippen LogP contribution is -2.35. The number of anilines is 1. The number of nitrogens with zero attached hydrogens (tertiary/aromatic N) is 1. The number of benzene rings is 1. The van der Waals surface area contributed by atoms with E-state index in [9.17, 15) is 8.42 Å². The summed E-state index contributed by atoms with van der Waals surface area (Å²) in [6, 6.07) is 5.41. The number of hydrogen-bond donors (Lipinski definition) is 2. The van der Waals surface area contributed by atoms with Crippen LogP contribution in [-0.4, -0.2) is 30.3 Å². The summed E-state index contributed by atoms with van der Waals surface area (Å²) in [5.74, 6) is 0. The molecule has 3 N–H and O–H groups in total. The summed E-state index contributed by atoms with van der Waals surface area (Å²) in [4.78, 5) is 3.35. The molecule has 1 aromatic heterocycles. The number of nitrogen functional groups attached to an aromatic ring is 1. The van der Waals surface area contributed by atoms with Gasteiger partial charge in [0, 0.05) is 35.4 Å². The maximum absolute atomic E-state index is 12.9. The van der Waals surface area contributed by atoms with E-state index in [-0.39, 0.29) is 6.04 Å². The number of nitrogens with one attached hydrogen (secondary N) is 1. The number of aromatic amines is 1. The Bertz CT molecular complexity index is 736. The third-order valence-electron chi connectivity index (χ3n) is 4.05. The Balaban J connectivity index is 2.12. The lowest BCUT2D eigenvalue weighted by molar-refractivity contribution is 0.380. The zero-order chi connectivity index (χ0) is 14.3. The molecule has 2 heterocycles. The van der Waals surface area contributed by atoms with Crippen LogP contribution >= 0.6 is 0 Å². The number of sulfonamides is 1. The van der Waals surface area contributed by atoms with Gasteiger partial charge in [0.05, 0.1) is 0 Å². The SMILES string of the molecule is CCC1CCCN1S(=O)(=O)c1c[nH]c2ccc(N)cc12. The van der Waals surface area contributed by atoms with Crippen molar-refractivity contribution in [1.82, 2.24) is 9.29 Å². The van der Waals surface area contributed by atoms with Crippen molar-refractivity contribution < 1.29 is 8.42 Å². The van der Waals surface area contributed by atoms with Gasteiger partial charge in [-0.15, -0.1) is 0 Å². The van der Waals surface area contributed by atoms with E-state index in [0.29, 0.717) is 22.5 Å². The third-order valence-corrected chi connectivity index (χ3v) is 6.04. The molecule has 6 heteroatoms. The molecular weight excluding hydrogens is 274 g/mol. The Kier molecular flexibility index (Phi) is 3.22. The van der Waals surface area contributed by atoms with Gasteiger partial charge in [0.2, 0.25) is 10.0 Å². The van der Waals surface area contributed by atoms with Crippen molar-refractivity contribution in [3.63, 3.8) is 0 Å². The zero-order valence-corrected chi connectivity index (χ0v) is 12.3. The second-order valence-corrected chi connectivity index (χ2v) is 7.14. The number of rotatable bonds is 3. The molecule has 1 aromatic carbocycles. The first-order valence-electron chi connectivity index (χ1n) is 6.92. The summed E-state index contributed by atoms with van der Waals surface area (Å²) in [5.41, 5.74) is 7.15. The molecule has 1 atom stereocenters. The average molecular weight is 293 g/mol. The summed E-state index contributed by atoms with van der Waals surface area (Å²) >= 11 is 0. The van der Waals surface area contributed by atoms with Crippen molar-refractivity contribution in [2.45, 2.75) is 37.1 Å². The predicted octanol–water partition coefficient (Wildman–Crippen LogP) is 2.31. The van der Waals surface area contributed by atoms with Crippen LogP contribution < -0.4 is 5.73 Å². The van der Waals surface area contributed by atoms with Crippen LogP contribution in [0.1, 0.15) is 26.2 Å². The lowest BCUT2D eigenvalue weighted by Gasteiger charge is -2.22. The van der Waals surface area contributed by atoms with Gasteiger partial charge in [0.25, 0.3) is 0 Å². The Labute approximate surface area is 118 Å². The molecule has 20 heavy (non-hydrogen) atoms. The highest BCUT2D eigenvalue weighted by Crippen LogP contribution is 2.32. The van der Waals surface area contributed by atoms with Crippen molar-refractivity contribution in [2.24, 2.45) is 0 Å². The first kappa shape index (κ1) is 13.5. The van der Waals surface area contributed by atoms with Gasteiger partial charge in [0.1, 0.15) is 4.90 Å². The average Bonchev–Trinajstić information content (AvgIpc) is 3.04. The van der Waals surface area contributed by atoms with Crippen LogP contribution in [0.15, 0.2) is 29.3 Å². The molecule has 3 rings (SSSR count). The maximum atomic E-state index is 12.9. The summed E-state index contributed by atoms with van der Waals surface area (Å²) in [6.45, 7) is 2.64. The smallest absolute Gasteiger partial charge is 0.245 e. The molecule has 0 saturated carbocycles. The van der Waals surface area contributed by atoms with Gasteiger partial charge >= 0.3 is 0 Å². The molecule has 5 nitrogen and oxygen atoms in total. The number of nitrogens with two attached hydrogens (primary N) is 1. The van der Waals surface area contributed by atoms with E-state index in [4.69, 9.17) is 5.73 Å². The van der Waals surface area contributed by atoms with Crippen LogP contribution in [0.4, 0.5) is 5.69 Å². The quantitative estimate of drug-likeness (QED) is 0.852. The highest BCUT2D eigenvalue weighted by Gasteiger charge is 2.35. The molecule has 1 aliphatic rings. The Morgan fingerprint density at radius 1 is 1.45 bits per heavy atom. The van der Waals surface area contributed by atoms with Gasteiger partial charge in [0.15, 0.2) is 0 Å².